The topological polar surface area (TPSA) is 98.5 Å². The van der Waals surface area contributed by atoms with E-state index in [9.17, 15) is 23.2 Å². The summed E-state index contributed by atoms with van der Waals surface area (Å²) >= 11 is 6.38. The summed E-state index contributed by atoms with van der Waals surface area (Å²) in [6.07, 6.45) is 4.31. The molecule has 1 amide bonds. The van der Waals surface area contributed by atoms with Gasteiger partial charge in [-0.15, -0.1) is 0 Å². The van der Waals surface area contributed by atoms with Crippen LogP contribution in [-0.4, -0.2) is 88.2 Å². The van der Waals surface area contributed by atoms with Crippen LogP contribution in [0.2, 0.25) is 5.02 Å². The number of fused-ring (bicyclic) bond motifs is 4. The third-order valence-corrected chi connectivity index (χ3v) is 10.4. The molecule has 0 unspecified atom stereocenters. The summed E-state index contributed by atoms with van der Waals surface area (Å²) < 4.78 is 64.8. The molecular weight excluding hydrogens is 662 g/mol. The lowest BCUT2D eigenvalue weighted by molar-refractivity contribution is -0.131. The van der Waals surface area contributed by atoms with Gasteiger partial charge >= 0.3 is 6.01 Å². The van der Waals surface area contributed by atoms with Gasteiger partial charge in [-0.2, -0.15) is 15.2 Å². The van der Waals surface area contributed by atoms with Crippen molar-refractivity contribution in [3.8, 4) is 23.3 Å². The lowest BCUT2D eigenvalue weighted by atomic mass is 9.99. The number of carbonyl (C=O) groups is 1. The van der Waals surface area contributed by atoms with Crippen LogP contribution in [0.25, 0.3) is 32.9 Å². The van der Waals surface area contributed by atoms with Crippen molar-refractivity contribution in [2.24, 2.45) is 5.92 Å². The molecule has 2 bridgehead atoms. The molecule has 3 aliphatic rings. The number of pyridine rings is 1. The number of piperidine rings is 1. The lowest BCUT2D eigenvalue weighted by Crippen LogP contribution is -2.55. The van der Waals surface area contributed by atoms with Crippen LogP contribution in [0.1, 0.15) is 25.7 Å². The normalized spacial score (nSPS) is 22.2. The van der Waals surface area contributed by atoms with Gasteiger partial charge in [0.05, 0.1) is 28.9 Å². The average molecular weight is 694 g/mol. The SMILES string of the molecule is C=C(F)C(=O)N1CCN(c2nc(OC[C@H]3[C@@H]4CC[C@@H](C4)N3CCF)nc3c(F)c(-c4cccc5ccc(F)c(Cl)c45)ncc23)C[C@@H]1CC#N. The Morgan fingerprint density at radius 1 is 1.16 bits per heavy atom. The molecule has 0 radical (unpaired) electrons. The molecule has 4 heterocycles. The van der Waals surface area contributed by atoms with Crippen LogP contribution in [0.15, 0.2) is 48.9 Å². The summed E-state index contributed by atoms with van der Waals surface area (Å²) in [7, 11) is 0. The predicted molar refractivity (Wildman–Crippen MR) is 176 cm³/mol. The van der Waals surface area contributed by atoms with Crippen LogP contribution in [0.4, 0.5) is 23.4 Å². The highest BCUT2D eigenvalue weighted by atomic mass is 35.5. The van der Waals surface area contributed by atoms with Crippen molar-refractivity contribution in [1.82, 2.24) is 24.8 Å². The minimum absolute atomic E-state index is 0.0488. The molecule has 2 aromatic carbocycles. The standard InChI is InChI=1S/C35H32ClF4N7O2/c1-19(38)34(48)47-14-13-45(17-23(47)9-11-41)33-25-16-42-31(24-4-2-3-20-6-8-26(39)29(36)28(20)24)30(40)32(25)43-35(44-33)49-18-27-21-5-7-22(15-21)46(27)12-10-37/h2-4,6,8,16,21-23,27H,1,5,7,9-10,12-15,17-18H2/t21-,22+,23+,27+/m1/s1. The Bertz CT molecular complexity index is 2010. The zero-order valence-corrected chi connectivity index (χ0v) is 27.1. The molecule has 2 saturated heterocycles. The maximum Gasteiger partial charge on any atom is 0.319 e. The number of nitrogens with zero attached hydrogens (tertiary/aromatic N) is 7. The van der Waals surface area contributed by atoms with Crippen molar-refractivity contribution >= 4 is 45.0 Å². The molecule has 0 N–H and O–H groups in total. The Balaban J connectivity index is 1.32. The van der Waals surface area contributed by atoms with E-state index < -0.39 is 36.1 Å². The van der Waals surface area contributed by atoms with E-state index >= 15 is 4.39 Å². The molecule has 9 nitrogen and oxygen atoms in total. The summed E-state index contributed by atoms with van der Waals surface area (Å²) in [4.78, 5) is 31.3. The Labute approximate surface area is 284 Å². The molecule has 4 aromatic rings. The number of aromatic nitrogens is 3. The van der Waals surface area contributed by atoms with E-state index in [1.54, 1.807) is 29.2 Å². The van der Waals surface area contributed by atoms with Crippen LogP contribution in [0.5, 0.6) is 6.01 Å². The quantitative estimate of drug-likeness (QED) is 0.147. The van der Waals surface area contributed by atoms with E-state index in [2.05, 4.69) is 26.4 Å². The number of nitriles is 1. The van der Waals surface area contributed by atoms with E-state index in [1.165, 1.54) is 17.2 Å². The first-order chi connectivity index (χ1) is 23.7. The van der Waals surface area contributed by atoms with Gasteiger partial charge in [-0.25, -0.2) is 17.6 Å². The number of hydrogen-bond donors (Lipinski definition) is 0. The highest BCUT2D eigenvalue weighted by Crippen LogP contribution is 2.43. The first kappa shape index (κ1) is 33.0. The van der Waals surface area contributed by atoms with Gasteiger partial charge in [0.15, 0.2) is 11.6 Å². The fourth-order valence-corrected chi connectivity index (χ4v) is 8.07. The number of ether oxygens (including phenoxy) is 1. The van der Waals surface area contributed by atoms with E-state index in [4.69, 9.17) is 16.3 Å². The molecule has 14 heteroatoms. The van der Waals surface area contributed by atoms with Gasteiger partial charge in [0.1, 0.15) is 36.1 Å². The first-order valence-corrected chi connectivity index (χ1v) is 16.5. The molecule has 49 heavy (non-hydrogen) atoms. The number of anilines is 1. The molecule has 1 aliphatic carbocycles. The van der Waals surface area contributed by atoms with Crippen LogP contribution in [-0.2, 0) is 4.79 Å². The predicted octanol–water partition coefficient (Wildman–Crippen LogP) is 6.39. The van der Waals surface area contributed by atoms with Crippen molar-refractivity contribution in [2.75, 3.05) is 44.4 Å². The van der Waals surface area contributed by atoms with Crippen molar-refractivity contribution in [2.45, 2.75) is 43.8 Å². The number of alkyl halides is 1. The number of amides is 1. The van der Waals surface area contributed by atoms with Crippen LogP contribution in [0, 0.1) is 28.9 Å². The minimum Gasteiger partial charge on any atom is -0.462 e. The molecule has 1 saturated carbocycles. The van der Waals surface area contributed by atoms with Crippen LogP contribution >= 0.6 is 11.6 Å². The second-order valence-electron chi connectivity index (χ2n) is 12.7. The summed E-state index contributed by atoms with van der Waals surface area (Å²) in [5.74, 6) is -2.91. The zero-order valence-electron chi connectivity index (χ0n) is 26.4. The molecule has 7 rings (SSSR count). The highest BCUT2D eigenvalue weighted by molar-refractivity contribution is 6.36. The van der Waals surface area contributed by atoms with Gasteiger partial charge in [0.2, 0.25) is 0 Å². The molecule has 254 valence electrons. The number of likely N-dealkylation sites (tertiary alicyclic amines) is 1. The number of benzene rings is 2. The molecule has 4 atom stereocenters. The second-order valence-corrected chi connectivity index (χ2v) is 13.1. The fourth-order valence-electron chi connectivity index (χ4n) is 7.79. The largest absolute Gasteiger partial charge is 0.462 e. The van der Waals surface area contributed by atoms with Gasteiger partial charge in [0.25, 0.3) is 5.91 Å². The first-order valence-electron chi connectivity index (χ1n) is 16.1. The third kappa shape index (κ3) is 5.91. The average Bonchev–Trinajstić information content (AvgIpc) is 3.71. The van der Waals surface area contributed by atoms with Crippen molar-refractivity contribution in [3.63, 3.8) is 0 Å². The van der Waals surface area contributed by atoms with Gasteiger partial charge in [-0.05, 0) is 36.6 Å². The molecule has 2 aliphatic heterocycles. The van der Waals surface area contributed by atoms with E-state index in [-0.39, 0.29) is 77.7 Å². The number of halogens is 5. The number of piperazine rings is 1. The number of hydrogen-bond acceptors (Lipinski definition) is 8. The van der Waals surface area contributed by atoms with E-state index in [0.717, 1.165) is 19.3 Å². The van der Waals surface area contributed by atoms with Gasteiger partial charge in [-0.1, -0.05) is 42.4 Å². The Morgan fingerprint density at radius 2 is 2.00 bits per heavy atom. The van der Waals surface area contributed by atoms with Gasteiger partial charge in [-0.3, -0.25) is 14.7 Å². The van der Waals surface area contributed by atoms with Crippen molar-refractivity contribution < 1.29 is 27.1 Å². The smallest absolute Gasteiger partial charge is 0.319 e. The summed E-state index contributed by atoms with van der Waals surface area (Å²) in [6, 6.07) is 9.28. The zero-order chi connectivity index (χ0) is 34.4. The molecule has 0 spiro atoms. The summed E-state index contributed by atoms with van der Waals surface area (Å²) in [6.45, 7) is 3.40. The molecular formula is C35H32ClF4N7O2. The maximum atomic E-state index is 16.8. The van der Waals surface area contributed by atoms with Crippen molar-refractivity contribution in [1.29, 1.82) is 5.26 Å². The second kappa shape index (κ2) is 13.4. The van der Waals surface area contributed by atoms with E-state index in [0.29, 0.717) is 29.3 Å². The van der Waals surface area contributed by atoms with Crippen molar-refractivity contribution in [3.05, 3.63) is 65.6 Å². The Morgan fingerprint density at radius 3 is 2.78 bits per heavy atom. The van der Waals surface area contributed by atoms with E-state index in [1.807, 2.05) is 6.07 Å². The third-order valence-electron chi connectivity index (χ3n) is 10.0. The summed E-state index contributed by atoms with van der Waals surface area (Å²) in [5, 5.41) is 10.5. The Hall–Kier alpha value is -4.54. The lowest BCUT2D eigenvalue weighted by Gasteiger charge is -2.41. The number of carbonyl (C=O) groups excluding carboxylic acids is 1. The highest BCUT2D eigenvalue weighted by Gasteiger charge is 2.46. The monoisotopic (exact) mass is 693 g/mol. The van der Waals surface area contributed by atoms with Crippen LogP contribution < -0.4 is 9.64 Å². The summed E-state index contributed by atoms with van der Waals surface area (Å²) in [5.41, 5.74) is 0.0405. The number of rotatable bonds is 9. The fraction of sp³-hybridized carbons (Fsp3) is 0.400. The van der Waals surface area contributed by atoms with Gasteiger partial charge < -0.3 is 14.5 Å². The maximum absolute atomic E-state index is 16.8. The minimum atomic E-state index is -1.13. The molecule has 2 aromatic heterocycles. The van der Waals surface area contributed by atoms with Crippen LogP contribution in [0.3, 0.4) is 0 Å². The van der Waals surface area contributed by atoms with Gasteiger partial charge in [0, 0.05) is 55.4 Å². The Kier molecular flexibility index (Phi) is 9.02. The molecule has 3 fully saturated rings.